The lowest BCUT2D eigenvalue weighted by Gasteiger charge is -2.40. The lowest BCUT2D eigenvalue weighted by molar-refractivity contribution is -0.134. The van der Waals surface area contributed by atoms with Crippen molar-refractivity contribution in [2.24, 2.45) is 5.92 Å². The average Bonchev–Trinajstić information content (AvgIpc) is 3.17. The van der Waals surface area contributed by atoms with Crippen molar-refractivity contribution in [2.75, 3.05) is 13.7 Å². The molecule has 0 bridgehead atoms. The zero-order valence-electron chi connectivity index (χ0n) is 23.2. The summed E-state index contributed by atoms with van der Waals surface area (Å²) in [5.74, 6) is 0.0888. The van der Waals surface area contributed by atoms with Gasteiger partial charge in [0.15, 0.2) is 6.29 Å². The fraction of sp³-hybridized carbons (Fsp3) is 0.353. The van der Waals surface area contributed by atoms with Crippen molar-refractivity contribution in [1.29, 1.82) is 0 Å². The van der Waals surface area contributed by atoms with E-state index in [0.717, 1.165) is 25.0 Å². The maximum Gasteiger partial charge on any atom is 0.159 e. The van der Waals surface area contributed by atoms with Gasteiger partial charge in [-0.25, -0.2) is 0 Å². The van der Waals surface area contributed by atoms with Crippen LogP contribution < -0.4 is 0 Å². The summed E-state index contributed by atoms with van der Waals surface area (Å²) in [6, 6.07) is 22.5. The smallest absolute Gasteiger partial charge is 0.159 e. The lowest BCUT2D eigenvalue weighted by atomic mass is 9.77. The number of ether oxygens (including phenoxy) is 1. The topological polar surface area (TPSA) is 32.7 Å². The van der Waals surface area contributed by atoms with Crippen LogP contribution >= 0.6 is 11.8 Å². The molecule has 3 aromatic rings. The molecule has 3 nitrogen and oxygen atoms in total. The van der Waals surface area contributed by atoms with Crippen LogP contribution in [0, 0.1) is 5.92 Å². The Balaban J connectivity index is 1.87. The second kappa shape index (κ2) is 11.1. The largest absolute Gasteiger partial charge is 0.368 e. The van der Waals surface area contributed by atoms with Crippen LogP contribution in [0.4, 0.5) is 0 Å². The Morgan fingerprint density at radius 1 is 0.947 bits per heavy atom. The number of hydrogen-bond acceptors (Lipinski definition) is 4. The monoisotopic (exact) mass is 525 g/mol. The molecule has 3 aromatic carbocycles. The lowest BCUT2D eigenvalue weighted by Crippen LogP contribution is -2.45. The number of hydrogen-bond donors (Lipinski definition) is 1. The third kappa shape index (κ3) is 4.33. The van der Waals surface area contributed by atoms with Crippen molar-refractivity contribution in [2.45, 2.75) is 68.6 Å². The summed E-state index contributed by atoms with van der Waals surface area (Å²) in [5, 5.41) is 11.3. The molecule has 198 valence electrons. The second-order valence-electron chi connectivity index (χ2n) is 10.3. The molecule has 0 amide bonds. The van der Waals surface area contributed by atoms with Crippen LogP contribution in [0.2, 0.25) is 0 Å². The van der Waals surface area contributed by atoms with Crippen molar-refractivity contribution >= 4 is 17.5 Å². The fourth-order valence-electron chi connectivity index (χ4n) is 6.71. The standard InChI is InChI=1S/C34H39NO2S/c1-7-21(5)33-28-19-27-24-16-12-11-15-23(24)25-17-13-14-18-30(25)38-31(27)20-26(28)22(8-2)32(34(36)37-6)29(9-3)35(33)10-4/h7,11-20,22,29,32,34,36H,1,8-10H2,2-6H3/b33-21+/t22-,29?,32?,34-/m0/s1. The molecule has 0 spiro atoms. The minimum Gasteiger partial charge on any atom is -0.368 e. The third-order valence-electron chi connectivity index (χ3n) is 8.47. The summed E-state index contributed by atoms with van der Waals surface area (Å²) in [4.78, 5) is 5.03. The highest BCUT2D eigenvalue weighted by Gasteiger charge is 2.43. The summed E-state index contributed by atoms with van der Waals surface area (Å²) in [6.45, 7) is 13.9. The fourth-order valence-corrected chi connectivity index (χ4v) is 7.85. The minimum absolute atomic E-state index is 0.0581. The predicted octanol–water partition coefficient (Wildman–Crippen LogP) is 8.59. The molecule has 0 radical (unpaired) electrons. The maximum atomic E-state index is 11.3. The molecule has 5 rings (SSSR count). The number of allylic oxidation sites excluding steroid dienone is 2. The zero-order chi connectivity index (χ0) is 27.0. The third-order valence-corrected chi connectivity index (χ3v) is 9.60. The summed E-state index contributed by atoms with van der Waals surface area (Å²) < 4.78 is 5.65. The summed E-state index contributed by atoms with van der Waals surface area (Å²) >= 11 is 1.85. The second-order valence-corrected chi connectivity index (χ2v) is 11.4. The molecular formula is C34H39NO2S. The van der Waals surface area contributed by atoms with E-state index in [1.165, 1.54) is 48.9 Å². The first-order valence-electron chi connectivity index (χ1n) is 13.8. The van der Waals surface area contributed by atoms with E-state index >= 15 is 0 Å². The molecule has 2 aliphatic rings. The highest BCUT2D eigenvalue weighted by molar-refractivity contribution is 7.99. The highest BCUT2D eigenvalue weighted by Crippen LogP contribution is 2.53. The quantitative estimate of drug-likeness (QED) is 0.256. The Hall–Kier alpha value is -2.79. The summed E-state index contributed by atoms with van der Waals surface area (Å²) in [6.07, 6.45) is 2.97. The van der Waals surface area contributed by atoms with E-state index in [9.17, 15) is 5.11 Å². The Morgan fingerprint density at radius 2 is 1.61 bits per heavy atom. The Bertz CT molecular complexity index is 1380. The first-order chi connectivity index (χ1) is 18.5. The number of aliphatic hydroxyl groups excluding tert-OH is 1. The molecule has 2 aliphatic heterocycles. The van der Waals surface area contributed by atoms with Crippen LogP contribution in [0.5, 0.6) is 0 Å². The molecule has 0 aromatic heterocycles. The van der Waals surface area contributed by atoms with E-state index in [1.54, 1.807) is 7.11 Å². The van der Waals surface area contributed by atoms with Crippen LogP contribution in [-0.2, 0) is 4.74 Å². The molecule has 0 aliphatic carbocycles. The van der Waals surface area contributed by atoms with Gasteiger partial charge in [-0.05, 0) is 84.2 Å². The molecule has 4 atom stereocenters. The Labute approximate surface area is 232 Å². The molecule has 0 fully saturated rings. The van der Waals surface area contributed by atoms with E-state index in [2.05, 4.69) is 99.8 Å². The number of benzene rings is 3. The van der Waals surface area contributed by atoms with Gasteiger partial charge in [0.2, 0.25) is 0 Å². The van der Waals surface area contributed by atoms with Crippen LogP contribution in [0.25, 0.3) is 28.0 Å². The molecule has 1 N–H and O–H groups in total. The number of rotatable bonds is 6. The average molecular weight is 526 g/mol. The van der Waals surface area contributed by atoms with E-state index in [-0.39, 0.29) is 17.9 Å². The first kappa shape index (κ1) is 26.8. The zero-order valence-corrected chi connectivity index (χ0v) is 24.0. The van der Waals surface area contributed by atoms with Gasteiger partial charge in [-0.1, -0.05) is 80.7 Å². The van der Waals surface area contributed by atoms with Crippen LogP contribution in [0.3, 0.4) is 0 Å². The van der Waals surface area contributed by atoms with Gasteiger partial charge in [-0.3, -0.25) is 0 Å². The van der Waals surface area contributed by atoms with E-state index in [4.69, 9.17) is 4.74 Å². The van der Waals surface area contributed by atoms with Crippen molar-refractivity contribution < 1.29 is 9.84 Å². The molecule has 2 heterocycles. The Kier molecular flexibility index (Phi) is 7.85. The van der Waals surface area contributed by atoms with E-state index in [1.807, 2.05) is 17.8 Å². The van der Waals surface area contributed by atoms with E-state index in [0.29, 0.717) is 0 Å². The van der Waals surface area contributed by atoms with Gasteiger partial charge < -0.3 is 14.7 Å². The molecule has 38 heavy (non-hydrogen) atoms. The maximum absolute atomic E-state index is 11.3. The van der Waals surface area contributed by atoms with Gasteiger partial charge in [0.25, 0.3) is 0 Å². The molecule has 0 saturated heterocycles. The number of nitrogens with zero attached hydrogens (tertiary/aromatic N) is 1. The minimum atomic E-state index is -0.844. The Morgan fingerprint density at radius 3 is 2.21 bits per heavy atom. The van der Waals surface area contributed by atoms with Crippen LogP contribution in [0.15, 0.2) is 88.7 Å². The molecule has 4 heteroatoms. The summed E-state index contributed by atoms with van der Waals surface area (Å²) in [7, 11) is 1.62. The van der Waals surface area contributed by atoms with Gasteiger partial charge in [-0.15, -0.1) is 0 Å². The van der Waals surface area contributed by atoms with Crippen LogP contribution in [0.1, 0.15) is 57.6 Å². The summed E-state index contributed by atoms with van der Waals surface area (Å²) in [5.41, 5.74) is 10.00. The van der Waals surface area contributed by atoms with Gasteiger partial charge in [0.05, 0.1) is 0 Å². The molecule has 0 saturated carbocycles. The van der Waals surface area contributed by atoms with Crippen molar-refractivity contribution in [1.82, 2.24) is 4.90 Å². The van der Waals surface area contributed by atoms with Gasteiger partial charge in [0, 0.05) is 46.7 Å². The SMILES string of the molecule is C=C/C(C)=C1\c2cc3c(cc2[C@H](CC)C([C@@H](O)OC)C(CC)N1CC)Sc1ccccc1-c1ccccc1-3. The molecule has 2 unspecified atom stereocenters. The van der Waals surface area contributed by atoms with E-state index < -0.39 is 6.29 Å². The number of fused-ring (bicyclic) bond motifs is 6. The van der Waals surface area contributed by atoms with Gasteiger partial charge in [-0.2, -0.15) is 0 Å². The highest BCUT2D eigenvalue weighted by atomic mass is 32.2. The van der Waals surface area contributed by atoms with Crippen LogP contribution in [-0.4, -0.2) is 36.0 Å². The first-order valence-corrected chi connectivity index (χ1v) is 14.7. The normalized spacial score (nSPS) is 22.3. The molecular weight excluding hydrogens is 486 g/mol. The van der Waals surface area contributed by atoms with Gasteiger partial charge in [0.1, 0.15) is 0 Å². The predicted molar refractivity (Wildman–Crippen MR) is 160 cm³/mol. The van der Waals surface area contributed by atoms with Crippen molar-refractivity contribution in [3.8, 4) is 22.3 Å². The number of methoxy groups -OCH3 is 1. The number of aliphatic hydroxyl groups is 1. The van der Waals surface area contributed by atoms with Crippen molar-refractivity contribution in [3.63, 3.8) is 0 Å². The van der Waals surface area contributed by atoms with Crippen molar-refractivity contribution in [3.05, 3.63) is 90.0 Å². The van der Waals surface area contributed by atoms with Gasteiger partial charge >= 0.3 is 0 Å².